The fourth-order valence-electron chi connectivity index (χ4n) is 2.19. The van der Waals surface area contributed by atoms with Crippen molar-refractivity contribution >= 4 is 16.9 Å². The summed E-state index contributed by atoms with van der Waals surface area (Å²) in [5.74, 6) is 0.342. The molecule has 0 aliphatic heterocycles. The maximum absolute atomic E-state index is 10.6. The van der Waals surface area contributed by atoms with Crippen LogP contribution in [0.5, 0.6) is 0 Å². The smallest absolute Gasteiger partial charge is 0.303 e. The first-order chi connectivity index (χ1) is 10.1. The molecule has 6 heteroatoms. The minimum atomic E-state index is -0.834. The molecule has 21 heavy (non-hydrogen) atoms. The van der Waals surface area contributed by atoms with Gasteiger partial charge >= 0.3 is 5.97 Å². The molecular weight excluding hydrogens is 272 g/mol. The molecule has 0 fully saturated rings. The number of aromatic nitrogens is 2. The second-order valence-corrected chi connectivity index (χ2v) is 5.06. The number of nitrogens with zero attached hydrogens (tertiary/aromatic N) is 2. The number of hydrogen-bond donors (Lipinski definition) is 1. The number of furan rings is 1. The standard InChI is InChI=1S/C15H14N2O4/c1-9(7-14(18)19)6-13-16-17-15(21-13)12-8-10-4-2-3-5-11(10)20-12/h2-5,8-9H,6-7H2,1H3,(H,18,19). The molecule has 108 valence electrons. The van der Waals surface area contributed by atoms with Crippen molar-refractivity contribution < 1.29 is 18.7 Å². The van der Waals surface area contributed by atoms with Crippen molar-refractivity contribution in [3.63, 3.8) is 0 Å². The molecule has 0 saturated carbocycles. The van der Waals surface area contributed by atoms with Crippen molar-refractivity contribution in [2.45, 2.75) is 19.8 Å². The number of fused-ring (bicyclic) bond motifs is 1. The Labute approximate surface area is 120 Å². The molecular formula is C15H14N2O4. The van der Waals surface area contributed by atoms with Crippen molar-refractivity contribution in [1.29, 1.82) is 0 Å². The molecule has 1 aromatic carbocycles. The van der Waals surface area contributed by atoms with Crippen LogP contribution in [-0.4, -0.2) is 21.3 Å². The van der Waals surface area contributed by atoms with Crippen molar-refractivity contribution in [2.24, 2.45) is 5.92 Å². The van der Waals surface area contributed by atoms with Crippen LogP contribution >= 0.6 is 0 Å². The summed E-state index contributed by atoms with van der Waals surface area (Å²) in [5.41, 5.74) is 0.756. The molecule has 2 aromatic heterocycles. The molecule has 0 saturated heterocycles. The highest BCUT2D eigenvalue weighted by atomic mass is 16.4. The molecule has 0 aliphatic carbocycles. The van der Waals surface area contributed by atoms with Crippen molar-refractivity contribution in [3.05, 3.63) is 36.2 Å². The number of benzene rings is 1. The Hall–Kier alpha value is -2.63. The van der Waals surface area contributed by atoms with Crippen LogP contribution in [0.2, 0.25) is 0 Å². The van der Waals surface area contributed by atoms with Gasteiger partial charge in [-0.05, 0) is 18.1 Å². The van der Waals surface area contributed by atoms with Gasteiger partial charge in [0, 0.05) is 18.2 Å². The molecule has 3 rings (SSSR count). The Kier molecular flexibility index (Phi) is 3.43. The normalized spacial score (nSPS) is 12.6. The van der Waals surface area contributed by atoms with E-state index in [1.807, 2.05) is 37.3 Å². The molecule has 1 atom stereocenters. The molecule has 0 spiro atoms. The maximum Gasteiger partial charge on any atom is 0.303 e. The lowest BCUT2D eigenvalue weighted by Crippen LogP contribution is -2.07. The number of carboxylic acid groups (broad SMARTS) is 1. The summed E-state index contributed by atoms with van der Waals surface area (Å²) in [4.78, 5) is 10.6. The molecule has 0 amide bonds. The van der Waals surface area contributed by atoms with Crippen molar-refractivity contribution in [3.8, 4) is 11.7 Å². The average Bonchev–Trinajstić information content (AvgIpc) is 3.03. The summed E-state index contributed by atoms with van der Waals surface area (Å²) in [5, 5.41) is 17.6. The number of rotatable bonds is 5. The predicted molar refractivity (Wildman–Crippen MR) is 74.6 cm³/mol. The fraction of sp³-hybridized carbons (Fsp3) is 0.267. The van der Waals surface area contributed by atoms with Gasteiger partial charge in [0.15, 0.2) is 5.76 Å². The largest absolute Gasteiger partial charge is 0.481 e. The first kappa shape index (κ1) is 13.4. The van der Waals surface area contributed by atoms with Gasteiger partial charge in [0.2, 0.25) is 5.89 Å². The van der Waals surface area contributed by atoms with Crippen LogP contribution in [-0.2, 0) is 11.2 Å². The van der Waals surface area contributed by atoms with Crippen LogP contribution in [0.4, 0.5) is 0 Å². The van der Waals surface area contributed by atoms with E-state index in [1.54, 1.807) is 0 Å². The Morgan fingerprint density at radius 2 is 2.10 bits per heavy atom. The van der Waals surface area contributed by atoms with E-state index < -0.39 is 5.97 Å². The quantitative estimate of drug-likeness (QED) is 0.775. The van der Waals surface area contributed by atoms with E-state index in [0.717, 1.165) is 11.0 Å². The average molecular weight is 286 g/mol. The zero-order chi connectivity index (χ0) is 14.8. The SMILES string of the molecule is CC(CC(=O)O)Cc1nnc(-c2cc3ccccc3o2)o1. The second kappa shape index (κ2) is 5.40. The van der Waals surface area contributed by atoms with E-state index in [0.29, 0.717) is 24.0 Å². The van der Waals surface area contributed by atoms with Gasteiger partial charge in [0.05, 0.1) is 0 Å². The summed E-state index contributed by atoms with van der Waals surface area (Å²) in [7, 11) is 0. The second-order valence-electron chi connectivity index (χ2n) is 5.06. The number of carbonyl (C=O) groups is 1. The predicted octanol–water partition coefficient (Wildman–Crippen LogP) is 3.14. The summed E-state index contributed by atoms with van der Waals surface area (Å²) in [6.07, 6.45) is 0.502. The van der Waals surface area contributed by atoms with Gasteiger partial charge in [-0.1, -0.05) is 25.1 Å². The molecule has 1 N–H and O–H groups in total. The molecule has 0 radical (unpaired) electrons. The zero-order valence-electron chi connectivity index (χ0n) is 11.4. The zero-order valence-corrected chi connectivity index (χ0v) is 11.4. The highest BCUT2D eigenvalue weighted by molar-refractivity contribution is 5.81. The van der Waals surface area contributed by atoms with Crippen molar-refractivity contribution in [1.82, 2.24) is 10.2 Å². The van der Waals surface area contributed by atoms with Gasteiger partial charge in [-0.2, -0.15) is 0 Å². The summed E-state index contributed by atoms with van der Waals surface area (Å²) in [6, 6.07) is 9.46. The summed E-state index contributed by atoms with van der Waals surface area (Å²) >= 11 is 0. The molecule has 2 heterocycles. The Balaban J connectivity index is 1.79. The highest BCUT2D eigenvalue weighted by Gasteiger charge is 2.16. The Bertz CT molecular complexity index is 742. The van der Waals surface area contributed by atoms with Crippen molar-refractivity contribution in [2.75, 3.05) is 0 Å². The van der Waals surface area contributed by atoms with Crippen LogP contribution in [0.1, 0.15) is 19.2 Å². The Morgan fingerprint density at radius 3 is 2.86 bits per heavy atom. The van der Waals surface area contributed by atoms with Gasteiger partial charge in [-0.3, -0.25) is 4.79 Å². The lowest BCUT2D eigenvalue weighted by molar-refractivity contribution is -0.137. The number of hydrogen-bond acceptors (Lipinski definition) is 5. The minimum absolute atomic E-state index is 0.0635. The van der Waals surface area contributed by atoms with Gasteiger partial charge in [-0.25, -0.2) is 0 Å². The number of aliphatic carboxylic acids is 1. The van der Waals surface area contributed by atoms with Gasteiger partial charge < -0.3 is 13.9 Å². The first-order valence-corrected chi connectivity index (χ1v) is 6.65. The lowest BCUT2D eigenvalue weighted by atomic mass is 10.0. The minimum Gasteiger partial charge on any atom is -0.481 e. The lowest BCUT2D eigenvalue weighted by Gasteiger charge is -2.03. The van der Waals surface area contributed by atoms with Crippen LogP contribution in [0.3, 0.4) is 0 Å². The molecule has 0 bridgehead atoms. The van der Waals surface area contributed by atoms with Gasteiger partial charge in [0.1, 0.15) is 5.58 Å². The van der Waals surface area contributed by atoms with E-state index in [1.165, 1.54) is 0 Å². The number of para-hydroxylation sites is 1. The van der Waals surface area contributed by atoms with Crippen LogP contribution < -0.4 is 0 Å². The van der Waals surface area contributed by atoms with Crippen LogP contribution in [0.25, 0.3) is 22.6 Å². The third-order valence-corrected chi connectivity index (χ3v) is 3.15. The van der Waals surface area contributed by atoms with E-state index in [4.69, 9.17) is 13.9 Å². The summed E-state index contributed by atoms with van der Waals surface area (Å²) < 4.78 is 11.2. The van der Waals surface area contributed by atoms with E-state index in [2.05, 4.69) is 10.2 Å². The summed E-state index contributed by atoms with van der Waals surface area (Å²) in [6.45, 7) is 1.83. The molecule has 1 unspecified atom stereocenters. The van der Waals surface area contributed by atoms with Gasteiger partial charge in [-0.15, -0.1) is 10.2 Å². The third kappa shape index (κ3) is 2.94. The topological polar surface area (TPSA) is 89.4 Å². The highest BCUT2D eigenvalue weighted by Crippen LogP contribution is 2.27. The van der Waals surface area contributed by atoms with E-state index >= 15 is 0 Å². The van der Waals surface area contributed by atoms with Gasteiger partial charge in [0.25, 0.3) is 5.89 Å². The molecule has 0 aliphatic rings. The fourth-order valence-corrected chi connectivity index (χ4v) is 2.19. The number of carboxylic acids is 1. The maximum atomic E-state index is 10.6. The van der Waals surface area contributed by atoms with Crippen LogP contribution in [0, 0.1) is 5.92 Å². The van der Waals surface area contributed by atoms with E-state index in [-0.39, 0.29) is 12.3 Å². The Morgan fingerprint density at radius 1 is 1.29 bits per heavy atom. The monoisotopic (exact) mass is 286 g/mol. The molecule has 6 nitrogen and oxygen atoms in total. The third-order valence-electron chi connectivity index (χ3n) is 3.15. The molecule has 3 aromatic rings. The van der Waals surface area contributed by atoms with E-state index in [9.17, 15) is 4.79 Å². The first-order valence-electron chi connectivity index (χ1n) is 6.65. The van der Waals surface area contributed by atoms with Crippen LogP contribution in [0.15, 0.2) is 39.2 Å².